The highest BCUT2D eigenvalue weighted by Gasteiger charge is 2.15. The number of hydrogen-bond donors (Lipinski definition) is 2. The van der Waals surface area contributed by atoms with Crippen molar-refractivity contribution in [3.05, 3.63) is 18.2 Å². The van der Waals surface area contributed by atoms with E-state index >= 15 is 0 Å². The van der Waals surface area contributed by atoms with Gasteiger partial charge in [0.1, 0.15) is 11.5 Å². The van der Waals surface area contributed by atoms with Crippen LogP contribution in [-0.4, -0.2) is 37.7 Å². The maximum atomic E-state index is 5.93. The quantitative estimate of drug-likeness (QED) is 0.433. The summed E-state index contributed by atoms with van der Waals surface area (Å²) in [4.78, 5) is 4.40. The van der Waals surface area contributed by atoms with Crippen molar-refractivity contribution in [2.45, 2.75) is 18.1 Å². The summed E-state index contributed by atoms with van der Waals surface area (Å²) in [6, 6.07) is 5.51. The third kappa shape index (κ3) is 5.46. The van der Waals surface area contributed by atoms with Gasteiger partial charge in [0, 0.05) is 11.3 Å². The third-order valence-corrected chi connectivity index (χ3v) is 4.54. The van der Waals surface area contributed by atoms with Crippen LogP contribution in [0.25, 0.3) is 0 Å². The number of hydrogen-bond acceptors (Lipinski definition) is 4. The largest absolute Gasteiger partial charge is 0.497 e. The van der Waals surface area contributed by atoms with E-state index in [4.69, 9.17) is 15.2 Å². The molecule has 1 aliphatic heterocycles. The molecular weight excluding hydrogens is 401 g/mol. The molecule has 0 aliphatic carbocycles. The van der Waals surface area contributed by atoms with Crippen molar-refractivity contribution < 1.29 is 9.47 Å². The number of methoxy groups -OCH3 is 2. The smallest absolute Gasteiger partial charge is 0.193 e. The fourth-order valence-electron chi connectivity index (χ4n) is 2.08. The molecule has 1 fully saturated rings. The Balaban J connectivity index is 0.00000220. The SMILES string of the molecule is COc1ccc(OC)c(NC(N)=NCC2CCCS2)c1.I. The highest BCUT2D eigenvalue weighted by atomic mass is 127. The van der Waals surface area contributed by atoms with E-state index in [2.05, 4.69) is 10.3 Å². The predicted molar refractivity (Wildman–Crippen MR) is 101 cm³/mol. The number of nitrogens with two attached hydrogens (primary N) is 1. The number of nitrogens with zero attached hydrogens (tertiary/aromatic N) is 1. The molecule has 0 radical (unpaired) electrons. The fraction of sp³-hybridized carbons (Fsp3) is 0.500. The minimum absolute atomic E-state index is 0. The first kappa shape index (κ1) is 18.2. The van der Waals surface area contributed by atoms with Crippen LogP contribution >= 0.6 is 35.7 Å². The Morgan fingerprint density at radius 1 is 1.43 bits per heavy atom. The number of aliphatic imine (C=N–C) groups is 1. The minimum Gasteiger partial charge on any atom is -0.497 e. The van der Waals surface area contributed by atoms with Crippen molar-refractivity contribution in [1.82, 2.24) is 0 Å². The van der Waals surface area contributed by atoms with Gasteiger partial charge in [-0.1, -0.05) is 0 Å². The molecular formula is C14H22IN3O2S. The molecule has 1 saturated heterocycles. The first-order chi connectivity index (χ1) is 9.72. The molecule has 3 N–H and O–H groups in total. The number of benzene rings is 1. The summed E-state index contributed by atoms with van der Waals surface area (Å²) < 4.78 is 10.5. The minimum atomic E-state index is 0. The Bertz CT molecular complexity index is 479. The summed E-state index contributed by atoms with van der Waals surface area (Å²) in [6.45, 7) is 0.760. The number of ether oxygens (including phenoxy) is 2. The van der Waals surface area contributed by atoms with Gasteiger partial charge in [-0.15, -0.1) is 24.0 Å². The van der Waals surface area contributed by atoms with Crippen molar-refractivity contribution in [2.24, 2.45) is 10.7 Å². The summed E-state index contributed by atoms with van der Waals surface area (Å²) in [5, 5.41) is 3.67. The fourth-order valence-corrected chi connectivity index (χ4v) is 3.26. The Labute approximate surface area is 147 Å². The standard InChI is InChI=1S/C14H21N3O2S.HI/c1-18-10-5-6-13(19-2)12(8-10)17-14(15)16-9-11-4-3-7-20-11;/h5-6,8,11H,3-4,7,9H2,1-2H3,(H3,15,16,17);1H. The highest BCUT2D eigenvalue weighted by molar-refractivity contribution is 14.0. The Hall–Kier alpha value is -0.830. The Morgan fingerprint density at radius 2 is 2.24 bits per heavy atom. The van der Waals surface area contributed by atoms with Crippen LogP contribution in [0.1, 0.15) is 12.8 Å². The van der Waals surface area contributed by atoms with Crippen LogP contribution < -0.4 is 20.5 Å². The lowest BCUT2D eigenvalue weighted by molar-refractivity contribution is 0.405. The zero-order valence-electron chi connectivity index (χ0n) is 12.3. The molecule has 2 rings (SSSR count). The number of rotatable bonds is 5. The van der Waals surface area contributed by atoms with Gasteiger partial charge in [-0.2, -0.15) is 11.8 Å². The summed E-state index contributed by atoms with van der Waals surface area (Å²) in [7, 11) is 3.25. The lowest BCUT2D eigenvalue weighted by atomic mass is 10.2. The summed E-state index contributed by atoms with van der Waals surface area (Å²) in [6.07, 6.45) is 2.51. The topological polar surface area (TPSA) is 68.9 Å². The molecule has 1 aliphatic rings. The van der Waals surface area contributed by atoms with Gasteiger partial charge in [-0.3, -0.25) is 4.99 Å². The van der Waals surface area contributed by atoms with Crippen LogP contribution in [-0.2, 0) is 0 Å². The molecule has 5 nitrogen and oxygen atoms in total. The molecule has 21 heavy (non-hydrogen) atoms. The van der Waals surface area contributed by atoms with E-state index < -0.39 is 0 Å². The van der Waals surface area contributed by atoms with E-state index in [9.17, 15) is 0 Å². The van der Waals surface area contributed by atoms with Crippen molar-refractivity contribution in [3.63, 3.8) is 0 Å². The first-order valence-electron chi connectivity index (χ1n) is 6.63. The van der Waals surface area contributed by atoms with Gasteiger partial charge in [-0.25, -0.2) is 0 Å². The first-order valence-corrected chi connectivity index (χ1v) is 7.68. The molecule has 0 aromatic heterocycles. The van der Waals surface area contributed by atoms with Crippen molar-refractivity contribution in [1.29, 1.82) is 0 Å². The number of thioether (sulfide) groups is 1. The maximum absolute atomic E-state index is 5.93. The number of nitrogens with one attached hydrogen (secondary N) is 1. The van der Waals surface area contributed by atoms with Crippen LogP contribution in [0.2, 0.25) is 0 Å². The van der Waals surface area contributed by atoms with Crippen molar-refractivity contribution in [3.8, 4) is 11.5 Å². The van der Waals surface area contributed by atoms with E-state index in [0.29, 0.717) is 17.0 Å². The molecule has 1 aromatic carbocycles. The Kier molecular flexibility index (Phi) is 8.02. The van der Waals surface area contributed by atoms with Gasteiger partial charge >= 0.3 is 0 Å². The van der Waals surface area contributed by atoms with E-state index in [1.165, 1.54) is 18.6 Å². The van der Waals surface area contributed by atoms with E-state index in [-0.39, 0.29) is 24.0 Å². The van der Waals surface area contributed by atoms with Crippen LogP contribution in [0.5, 0.6) is 11.5 Å². The molecule has 1 aromatic rings. The van der Waals surface area contributed by atoms with Crippen LogP contribution in [0.3, 0.4) is 0 Å². The van der Waals surface area contributed by atoms with E-state index in [1.54, 1.807) is 14.2 Å². The second-order valence-electron chi connectivity index (χ2n) is 4.55. The molecule has 118 valence electrons. The molecule has 0 bridgehead atoms. The maximum Gasteiger partial charge on any atom is 0.193 e. The van der Waals surface area contributed by atoms with Gasteiger partial charge in [0.2, 0.25) is 0 Å². The van der Waals surface area contributed by atoms with Gasteiger partial charge in [-0.05, 0) is 30.7 Å². The monoisotopic (exact) mass is 423 g/mol. The molecule has 0 spiro atoms. The molecule has 1 atom stereocenters. The summed E-state index contributed by atoms with van der Waals surface area (Å²) >= 11 is 1.97. The second-order valence-corrected chi connectivity index (χ2v) is 5.96. The molecule has 1 heterocycles. The van der Waals surface area contributed by atoms with Crippen LogP contribution in [0, 0.1) is 0 Å². The second kappa shape index (κ2) is 9.24. The summed E-state index contributed by atoms with van der Waals surface area (Å²) in [5.74, 6) is 3.09. The normalized spacial score (nSPS) is 18.0. The van der Waals surface area contributed by atoms with E-state index in [0.717, 1.165) is 18.0 Å². The van der Waals surface area contributed by atoms with Gasteiger partial charge in [0.25, 0.3) is 0 Å². The number of halogens is 1. The molecule has 7 heteroatoms. The zero-order valence-corrected chi connectivity index (χ0v) is 15.4. The Morgan fingerprint density at radius 3 is 2.86 bits per heavy atom. The lowest BCUT2D eigenvalue weighted by Crippen LogP contribution is -2.24. The number of guanidine groups is 1. The average Bonchev–Trinajstić information content (AvgIpc) is 2.98. The van der Waals surface area contributed by atoms with Crippen molar-refractivity contribution in [2.75, 3.05) is 31.8 Å². The predicted octanol–water partition coefficient (Wildman–Crippen LogP) is 2.94. The number of anilines is 1. The van der Waals surface area contributed by atoms with Crippen molar-refractivity contribution >= 4 is 47.4 Å². The highest BCUT2D eigenvalue weighted by Crippen LogP contribution is 2.29. The third-order valence-electron chi connectivity index (χ3n) is 3.16. The molecule has 1 unspecified atom stereocenters. The van der Waals surface area contributed by atoms with Gasteiger partial charge in [0.05, 0.1) is 26.5 Å². The van der Waals surface area contributed by atoms with Crippen LogP contribution in [0.15, 0.2) is 23.2 Å². The molecule has 0 amide bonds. The van der Waals surface area contributed by atoms with Crippen LogP contribution in [0.4, 0.5) is 5.69 Å². The zero-order chi connectivity index (χ0) is 14.4. The average molecular weight is 423 g/mol. The summed E-state index contributed by atoms with van der Waals surface area (Å²) in [5.41, 5.74) is 6.69. The van der Waals surface area contributed by atoms with Gasteiger partial charge < -0.3 is 20.5 Å². The molecule has 0 saturated carbocycles. The van der Waals surface area contributed by atoms with E-state index in [1.807, 2.05) is 30.0 Å². The van der Waals surface area contributed by atoms with Gasteiger partial charge in [0.15, 0.2) is 5.96 Å². The lowest BCUT2D eigenvalue weighted by Gasteiger charge is -2.12.